The summed E-state index contributed by atoms with van der Waals surface area (Å²) in [5.41, 5.74) is -0.238. The second-order valence-corrected chi connectivity index (χ2v) is 8.50. The number of piperidine rings is 1. The van der Waals surface area contributed by atoms with E-state index >= 15 is 0 Å². The summed E-state index contributed by atoms with van der Waals surface area (Å²) in [6.07, 6.45) is 11.3. The third-order valence-corrected chi connectivity index (χ3v) is 6.64. The molecule has 4 heteroatoms. The SMILES string of the molecule is O=C(CC1CCCC1)N1CCC2(CCCN(CC3CC3)C2=O)C1. The summed E-state index contributed by atoms with van der Waals surface area (Å²) in [4.78, 5) is 29.7. The zero-order valence-electron chi connectivity index (χ0n) is 14.3. The molecular formula is C19H30N2O2. The first-order chi connectivity index (χ1) is 11.2. The Labute approximate surface area is 139 Å². The molecule has 4 nitrogen and oxygen atoms in total. The van der Waals surface area contributed by atoms with Gasteiger partial charge in [0.1, 0.15) is 0 Å². The van der Waals surface area contributed by atoms with Gasteiger partial charge in [0.05, 0.1) is 5.41 Å². The van der Waals surface area contributed by atoms with Crippen LogP contribution in [0.4, 0.5) is 0 Å². The Morgan fingerprint density at radius 3 is 2.52 bits per heavy atom. The van der Waals surface area contributed by atoms with Crippen molar-refractivity contribution in [3.05, 3.63) is 0 Å². The second kappa shape index (κ2) is 6.10. The molecule has 2 aliphatic heterocycles. The van der Waals surface area contributed by atoms with Crippen molar-refractivity contribution in [3.8, 4) is 0 Å². The molecule has 2 heterocycles. The molecule has 0 radical (unpaired) electrons. The molecule has 2 aliphatic carbocycles. The molecule has 1 unspecified atom stereocenters. The Kier molecular flexibility index (Phi) is 4.10. The van der Waals surface area contributed by atoms with Crippen LogP contribution in [0.5, 0.6) is 0 Å². The highest BCUT2D eigenvalue weighted by atomic mass is 16.2. The first kappa shape index (κ1) is 15.5. The lowest BCUT2D eigenvalue weighted by Crippen LogP contribution is -2.51. The summed E-state index contributed by atoms with van der Waals surface area (Å²) in [7, 11) is 0. The number of hydrogen-bond acceptors (Lipinski definition) is 2. The van der Waals surface area contributed by atoms with Crippen molar-refractivity contribution >= 4 is 11.8 Å². The van der Waals surface area contributed by atoms with Crippen molar-refractivity contribution in [2.75, 3.05) is 26.2 Å². The predicted octanol–water partition coefficient (Wildman–Crippen LogP) is 2.82. The quantitative estimate of drug-likeness (QED) is 0.800. The van der Waals surface area contributed by atoms with Crippen molar-refractivity contribution in [1.29, 1.82) is 0 Å². The molecule has 0 bridgehead atoms. The summed E-state index contributed by atoms with van der Waals surface area (Å²) < 4.78 is 0. The van der Waals surface area contributed by atoms with E-state index in [0.29, 0.717) is 24.3 Å². The Hall–Kier alpha value is -1.06. The Bertz CT molecular complexity index is 482. The number of amides is 2. The van der Waals surface area contributed by atoms with Gasteiger partial charge in [0.2, 0.25) is 11.8 Å². The minimum Gasteiger partial charge on any atom is -0.342 e. The van der Waals surface area contributed by atoms with Gasteiger partial charge in [0, 0.05) is 32.6 Å². The lowest BCUT2D eigenvalue weighted by molar-refractivity contribution is -0.146. The molecule has 23 heavy (non-hydrogen) atoms. The highest BCUT2D eigenvalue weighted by Crippen LogP contribution is 2.42. The molecule has 2 saturated heterocycles. The van der Waals surface area contributed by atoms with Crippen LogP contribution in [-0.4, -0.2) is 47.8 Å². The molecule has 0 aromatic rings. The van der Waals surface area contributed by atoms with Gasteiger partial charge in [-0.1, -0.05) is 12.8 Å². The van der Waals surface area contributed by atoms with E-state index in [0.717, 1.165) is 51.2 Å². The van der Waals surface area contributed by atoms with E-state index in [1.807, 2.05) is 4.90 Å². The van der Waals surface area contributed by atoms with Crippen LogP contribution in [0.15, 0.2) is 0 Å². The van der Waals surface area contributed by atoms with Gasteiger partial charge in [-0.15, -0.1) is 0 Å². The maximum absolute atomic E-state index is 13.0. The van der Waals surface area contributed by atoms with Crippen LogP contribution in [0.1, 0.15) is 64.2 Å². The maximum Gasteiger partial charge on any atom is 0.230 e. The Morgan fingerprint density at radius 2 is 1.78 bits per heavy atom. The molecule has 4 aliphatic rings. The summed E-state index contributed by atoms with van der Waals surface area (Å²) in [5, 5.41) is 0. The zero-order chi connectivity index (χ0) is 15.9. The number of likely N-dealkylation sites (tertiary alicyclic amines) is 2. The standard InChI is InChI=1S/C19H30N2O2/c22-17(12-15-4-1-2-5-15)21-11-9-19(14-21)8-3-10-20(18(19)23)13-16-6-7-16/h15-16H,1-14H2. The first-order valence-corrected chi connectivity index (χ1v) is 9.73. The van der Waals surface area contributed by atoms with Crippen molar-refractivity contribution in [2.45, 2.75) is 64.2 Å². The van der Waals surface area contributed by atoms with Gasteiger partial charge in [-0.25, -0.2) is 0 Å². The van der Waals surface area contributed by atoms with Crippen LogP contribution < -0.4 is 0 Å². The third kappa shape index (κ3) is 3.14. The number of carbonyl (C=O) groups excluding carboxylic acids is 2. The summed E-state index contributed by atoms with van der Waals surface area (Å²) in [5.74, 6) is 2.02. The van der Waals surface area contributed by atoms with E-state index in [1.165, 1.54) is 38.5 Å². The number of hydrogen-bond donors (Lipinski definition) is 0. The number of nitrogens with zero attached hydrogens (tertiary/aromatic N) is 2. The molecule has 128 valence electrons. The Morgan fingerprint density at radius 1 is 1.00 bits per heavy atom. The van der Waals surface area contributed by atoms with Crippen molar-refractivity contribution in [2.24, 2.45) is 17.3 Å². The largest absolute Gasteiger partial charge is 0.342 e. The summed E-state index contributed by atoms with van der Waals surface area (Å²) in [6, 6.07) is 0. The van der Waals surface area contributed by atoms with Gasteiger partial charge in [0.15, 0.2) is 0 Å². The van der Waals surface area contributed by atoms with Gasteiger partial charge in [-0.3, -0.25) is 9.59 Å². The van der Waals surface area contributed by atoms with Crippen LogP contribution in [0.2, 0.25) is 0 Å². The fraction of sp³-hybridized carbons (Fsp3) is 0.895. The summed E-state index contributed by atoms with van der Waals surface area (Å²) in [6.45, 7) is 3.40. The molecule has 1 spiro atoms. The second-order valence-electron chi connectivity index (χ2n) is 8.50. The number of carbonyl (C=O) groups is 2. The van der Waals surface area contributed by atoms with Crippen LogP contribution >= 0.6 is 0 Å². The third-order valence-electron chi connectivity index (χ3n) is 6.64. The van der Waals surface area contributed by atoms with Gasteiger partial charge < -0.3 is 9.80 Å². The van der Waals surface area contributed by atoms with Crippen LogP contribution in [0.25, 0.3) is 0 Å². The molecule has 0 aromatic heterocycles. The van der Waals surface area contributed by atoms with Gasteiger partial charge >= 0.3 is 0 Å². The average molecular weight is 318 g/mol. The van der Waals surface area contributed by atoms with Crippen LogP contribution in [0.3, 0.4) is 0 Å². The topological polar surface area (TPSA) is 40.6 Å². The zero-order valence-corrected chi connectivity index (χ0v) is 14.3. The van der Waals surface area contributed by atoms with E-state index in [2.05, 4.69) is 4.90 Å². The molecule has 2 amide bonds. The van der Waals surface area contributed by atoms with Gasteiger partial charge in [-0.05, 0) is 56.8 Å². The van der Waals surface area contributed by atoms with Crippen molar-refractivity contribution < 1.29 is 9.59 Å². The maximum atomic E-state index is 13.0. The van der Waals surface area contributed by atoms with Crippen molar-refractivity contribution in [3.63, 3.8) is 0 Å². The molecule has 4 fully saturated rings. The van der Waals surface area contributed by atoms with Gasteiger partial charge in [0.25, 0.3) is 0 Å². The van der Waals surface area contributed by atoms with E-state index < -0.39 is 0 Å². The summed E-state index contributed by atoms with van der Waals surface area (Å²) >= 11 is 0. The van der Waals surface area contributed by atoms with E-state index in [1.54, 1.807) is 0 Å². The minimum atomic E-state index is -0.238. The lowest BCUT2D eigenvalue weighted by atomic mass is 9.78. The fourth-order valence-corrected chi connectivity index (χ4v) is 4.99. The normalized spacial score (nSPS) is 32.3. The minimum absolute atomic E-state index is 0.238. The lowest BCUT2D eigenvalue weighted by Gasteiger charge is -2.39. The average Bonchev–Trinajstić information content (AvgIpc) is 3.03. The fourth-order valence-electron chi connectivity index (χ4n) is 4.99. The highest BCUT2D eigenvalue weighted by molar-refractivity contribution is 5.86. The molecule has 1 atom stereocenters. The smallest absolute Gasteiger partial charge is 0.230 e. The number of rotatable bonds is 4. The highest BCUT2D eigenvalue weighted by Gasteiger charge is 2.49. The van der Waals surface area contributed by atoms with E-state index in [4.69, 9.17) is 0 Å². The molecule has 0 aromatic carbocycles. The monoisotopic (exact) mass is 318 g/mol. The molecule has 4 rings (SSSR count). The first-order valence-electron chi connectivity index (χ1n) is 9.73. The van der Waals surface area contributed by atoms with E-state index in [9.17, 15) is 9.59 Å². The molecule has 2 saturated carbocycles. The van der Waals surface area contributed by atoms with Crippen molar-refractivity contribution in [1.82, 2.24) is 9.80 Å². The molecule has 0 N–H and O–H groups in total. The molecular weight excluding hydrogens is 288 g/mol. The Balaban J connectivity index is 1.37. The van der Waals surface area contributed by atoms with Crippen LogP contribution in [-0.2, 0) is 9.59 Å². The van der Waals surface area contributed by atoms with Crippen LogP contribution in [0, 0.1) is 17.3 Å². The predicted molar refractivity (Wildman–Crippen MR) is 88.7 cm³/mol. The van der Waals surface area contributed by atoms with Gasteiger partial charge in [-0.2, -0.15) is 0 Å². The van der Waals surface area contributed by atoms with E-state index in [-0.39, 0.29) is 5.41 Å².